The van der Waals surface area contributed by atoms with E-state index in [-0.39, 0.29) is 11.8 Å². The Hall–Kier alpha value is -2.70. The number of nitrogens with one attached hydrogen (secondary N) is 2. The molecule has 0 unspecified atom stereocenters. The van der Waals surface area contributed by atoms with Crippen molar-refractivity contribution in [1.29, 1.82) is 0 Å². The highest BCUT2D eigenvalue weighted by Crippen LogP contribution is 2.26. The molecule has 2 N–H and O–H groups in total. The number of rotatable bonds is 6. The third kappa shape index (κ3) is 4.71. The van der Waals surface area contributed by atoms with E-state index in [4.69, 9.17) is 0 Å². The fraction of sp³-hybridized carbons (Fsp3) is 0.292. The molecule has 156 valence electrons. The van der Waals surface area contributed by atoms with E-state index >= 15 is 0 Å². The first-order chi connectivity index (χ1) is 14.4. The van der Waals surface area contributed by atoms with Crippen LogP contribution in [0.2, 0.25) is 0 Å². The third-order valence-electron chi connectivity index (χ3n) is 5.72. The number of benzene rings is 3. The number of carbonyl (C=O) groups excluding carboxylic acids is 1. The van der Waals surface area contributed by atoms with E-state index in [1.54, 1.807) is 31.2 Å². The maximum Gasteiger partial charge on any atom is 0.240 e. The lowest BCUT2D eigenvalue weighted by Gasteiger charge is -2.30. The molecule has 3 aromatic rings. The monoisotopic (exact) mass is 422 g/mol. The molecule has 0 saturated heterocycles. The zero-order valence-corrected chi connectivity index (χ0v) is 17.8. The summed E-state index contributed by atoms with van der Waals surface area (Å²) in [5, 5.41) is 5.72. The van der Waals surface area contributed by atoms with E-state index in [0.29, 0.717) is 10.9 Å². The number of ketones is 1. The molecular weight excluding hydrogens is 396 g/mol. The topological polar surface area (TPSA) is 75.3 Å². The van der Waals surface area contributed by atoms with Crippen LogP contribution in [0.5, 0.6) is 0 Å². The number of sulfonamides is 1. The van der Waals surface area contributed by atoms with Crippen LogP contribution < -0.4 is 10.0 Å². The number of fused-ring (bicyclic) bond motifs is 1. The smallest absolute Gasteiger partial charge is 0.240 e. The number of hydrogen-bond donors (Lipinski definition) is 2. The van der Waals surface area contributed by atoms with Gasteiger partial charge in [-0.1, -0.05) is 36.4 Å². The Labute approximate surface area is 177 Å². The molecule has 30 heavy (non-hydrogen) atoms. The average Bonchev–Trinajstić information content (AvgIpc) is 2.75. The molecule has 1 aliphatic rings. The van der Waals surface area contributed by atoms with Gasteiger partial charge >= 0.3 is 0 Å². The molecule has 3 aromatic carbocycles. The summed E-state index contributed by atoms with van der Waals surface area (Å²) in [5.41, 5.74) is 1.77. The lowest BCUT2D eigenvalue weighted by Crippen LogP contribution is -2.40. The van der Waals surface area contributed by atoms with Gasteiger partial charge in [-0.05, 0) is 73.7 Å². The van der Waals surface area contributed by atoms with Gasteiger partial charge in [0.05, 0.1) is 4.90 Å². The van der Waals surface area contributed by atoms with Gasteiger partial charge in [0, 0.05) is 23.3 Å². The first-order valence-electron chi connectivity index (χ1n) is 10.3. The van der Waals surface area contributed by atoms with Crippen molar-refractivity contribution in [2.75, 3.05) is 5.32 Å². The molecule has 1 aliphatic carbocycles. The van der Waals surface area contributed by atoms with Crippen LogP contribution >= 0.6 is 0 Å². The first-order valence-corrected chi connectivity index (χ1v) is 11.8. The Bertz CT molecular complexity index is 1150. The van der Waals surface area contributed by atoms with Crippen LogP contribution in [-0.2, 0) is 10.0 Å². The highest BCUT2D eigenvalue weighted by Gasteiger charge is 2.25. The summed E-state index contributed by atoms with van der Waals surface area (Å²) in [6, 6.07) is 20.7. The Morgan fingerprint density at radius 1 is 0.833 bits per heavy atom. The van der Waals surface area contributed by atoms with E-state index in [9.17, 15) is 13.2 Å². The third-order valence-corrected chi connectivity index (χ3v) is 7.26. The molecule has 1 saturated carbocycles. The highest BCUT2D eigenvalue weighted by atomic mass is 32.2. The number of anilines is 1. The second-order valence-corrected chi connectivity index (χ2v) is 9.67. The SMILES string of the molecule is CC(=O)c1ccc2cc(N[C@H]3CC[C@H](NS(=O)(=O)c4ccccc4)CC3)ccc2c1. The number of hydrogen-bond acceptors (Lipinski definition) is 4. The van der Waals surface area contributed by atoms with Crippen molar-refractivity contribution in [3.63, 3.8) is 0 Å². The summed E-state index contributed by atoms with van der Waals surface area (Å²) in [7, 11) is -3.46. The summed E-state index contributed by atoms with van der Waals surface area (Å²) in [4.78, 5) is 11.9. The molecule has 0 bridgehead atoms. The Balaban J connectivity index is 1.35. The quantitative estimate of drug-likeness (QED) is 0.563. The molecule has 0 spiro atoms. The fourth-order valence-electron chi connectivity index (χ4n) is 4.03. The summed E-state index contributed by atoms with van der Waals surface area (Å²) < 4.78 is 27.9. The van der Waals surface area contributed by atoms with Gasteiger partial charge < -0.3 is 5.32 Å². The van der Waals surface area contributed by atoms with E-state index in [1.165, 1.54) is 0 Å². The van der Waals surface area contributed by atoms with Gasteiger partial charge in [-0.3, -0.25) is 4.79 Å². The molecule has 0 heterocycles. The molecular formula is C24H26N2O3S. The molecule has 0 amide bonds. The summed E-state index contributed by atoms with van der Waals surface area (Å²) in [6.07, 6.45) is 3.42. The van der Waals surface area contributed by atoms with Gasteiger partial charge in [-0.2, -0.15) is 0 Å². The van der Waals surface area contributed by atoms with Crippen molar-refractivity contribution < 1.29 is 13.2 Å². The van der Waals surface area contributed by atoms with Crippen molar-refractivity contribution in [2.45, 2.75) is 49.6 Å². The second-order valence-electron chi connectivity index (χ2n) is 7.96. The van der Waals surface area contributed by atoms with Gasteiger partial charge in [0.25, 0.3) is 0 Å². The van der Waals surface area contributed by atoms with Crippen molar-refractivity contribution in [2.24, 2.45) is 0 Å². The van der Waals surface area contributed by atoms with Crippen LogP contribution in [0.25, 0.3) is 10.8 Å². The Morgan fingerprint density at radius 3 is 2.17 bits per heavy atom. The summed E-state index contributed by atoms with van der Waals surface area (Å²) >= 11 is 0. The average molecular weight is 423 g/mol. The molecule has 0 atom stereocenters. The molecule has 0 aromatic heterocycles. The van der Waals surface area contributed by atoms with Crippen LogP contribution in [0.15, 0.2) is 71.6 Å². The summed E-state index contributed by atoms with van der Waals surface area (Å²) in [6.45, 7) is 1.58. The Morgan fingerprint density at radius 2 is 1.47 bits per heavy atom. The molecule has 4 rings (SSSR count). The number of carbonyl (C=O) groups is 1. The van der Waals surface area contributed by atoms with E-state index in [2.05, 4.69) is 16.1 Å². The zero-order chi connectivity index (χ0) is 21.1. The predicted molar refractivity (Wildman–Crippen MR) is 120 cm³/mol. The van der Waals surface area contributed by atoms with Crippen LogP contribution in [-0.4, -0.2) is 26.3 Å². The van der Waals surface area contributed by atoms with Crippen molar-refractivity contribution in [3.05, 3.63) is 72.3 Å². The van der Waals surface area contributed by atoms with Crippen LogP contribution in [0.4, 0.5) is 5.69 Å². The highest BCUT2D eigenvalue weighted by molar-refractivity contribution is 7.89. The largest absolute Gasteiger partial charge is 0.382 e. The second kappa shape index (κ2) is 8.58. The zero-order valence-electron chi connectivity index (χ0n) is 17.0. The molecule has 6 heteroatoms. The van der Waals surface area contributed by atoms with Gasteiger partial charge in [0.1, 0.15) is 0 Å². The van der Waals surface area contributed by atoms with Crippen LogP contribution in [0.1, 0.15) is 43.0 Å². The predicted octanol–water partition coefficient (Wildman–Crippen LogP) is 4.74. The minimum Gasteiger partial charge on any atom is -0.382 e. The van der Waals surface area contributed by atoms with Crippen LogP contribution in [0, 0.1) is 0 Å². The lowest BCUT2D eigenvalue weighted by molar-refractivity contribution is 0.101. The fourth-order valence-corrected chi connectivity index (χ4v) is 5.36. The Kier molecular flexibility index (Phi) is 5.88. The molecule has 0 aliphatic heterocycles. The van der Waals surface area contributed by atoms with E-state index < -0.39 is 10.0 Å². The maximum atomic E-state index is 12.5. The lowest BCUT2D eigenvalue weighted by atomic mass is 9.91. The minimum absolute atomic E-state index is 0.0325. The maximum absolute atomic E-state index is 12.5. The molecule has 1 fully saturated rings. The van der Waals surface area contributed by atoms with E-state index in [0.717, 1.165) is 47.7 Å². The van der Waals surface area contributed by atoms with Crippen molar-refractivity contribution in [1.82, 2.24) is 4.72 Å². The van der Waals surface area contributed by atoms with Gasteiger partial charge in [-0.25, -0.2) is 13.1 Å². The van der Waals surface area contributed by atoms with Gasteiger partial charge in [0.15, 0.2) is 5.78 Å². The van der Waals surface area contributed by atoms with Crippen LogP contribution in [0.3, 0.4) is 0 Å². The van der Waals surface area contributed by atoms with E-state index in [1.807, 2.05) is 36.4 Å². The standard InChI is InChI=1S/C24H26N2O3S/c1-17(27)18-7-8-20-16-23(10-9-19(20)15-18)25-21-11-13-22(14-12-21)26-30(28,29)24-5-3-2-4-6-24/h2-10,15-16,21-22,25-26H,11-14H2,1H3/t21-,22-. The first kappa shape index (κ1) is 20.6. The minimum atomic E-state index is -3.46. The molecule has 0 radical (unpaired) electrons. The molecule has 5 nitrogen and oxygen atoms in total. The van der Waals surface area contributed by atoms with Gasteiger partial charge in [0.2, 0.25) is 10.0 Å². The van der Waals surface area contributed by atoms with Crippen molar-refractivity contribution >= 4 is 32.3 Å². The van der Waals surface area contributed by atoms with Crippen molar-refractivity contribution in [3.8, 4) is 0 Å². The summed E-state index contributed by atoms with van der Waals surface area (Å²) in [5.74, 6) is 0.0683. The normalized spacial score (nSPS) is 19.5. The van der Waals surface area contributed by atoms with Gasteiger partial charge in [-0.15, -0.1) is 0 Å². The number of Topliss-reactive ketones (excluding diaryl/α,β-unsaturated/α-hetero) is 1.